The molecule has 0 radical (unpaired) electrons. The van der Waals surface area contributed by atoms with E-state index >= 15 is 0 Å². The van der Waals surface area contributed by atoms with Crippen LogP contribution in [0.2, 0.25) is 0 Å². The summed E-state index contributed by atoms with van der Waals surface area (Å²) in [6.45, 7) is 0. The Balaban J connectivity index is 2.08. The van der Waals surface area contributed by atoms with Gasteiger partial charge in [-0.3, -0.25) is 10.9 Å². The molecule has 1 rings (SSSR count). The number of hydrazine groups is 1. The zero-order valence-corrected chi connectivity index (χ0v) is 6.11. The van der Waals surface area contributed by atoms with E-state index < -0.39 is 0 Å². The number of rotatable bonds is 2. The second-order valence-electron chi connectivity index (χ2n) is 2.73. The molecule has 0 atom stereocenters. The molecule has 2 N–H and O–H groups in total. The van der Waals surface area contributed by atoms with E-state index in [9.17, 15) is 0 Å². The maximum absolute atomic E-state index is 3.23. The fourth-order valence-electron chi connectivity index (χ4n) is 1.45. The molecule has 2 heteroatoms. The minimum atomic E-state index is 0.740. The van der Waals surface area contributed by atoms with E-state index in [-0.39, 0.29) is 0 Å². The van der Waals surface area contributed by atoms with Crippen molar-refractivity contribution in [2.24, 2.45) is 0 Å². The van der Waals surface area contributed by atoms with E-state index in [1.54, 1.807) is 0 Å². The van der Waals surface area contributed by atoms with Crippen LogP contribution in [0.5, 0.6) is 0 Å². The third-order valence-electron chi connectivity index (χ3n) is 1.95. The third kappa shape index (κ3) is 2.33. The van der Waals surface area contributed by atoms with E-state index in [1.165, 1.54) is 32.1 Å². The van der Waals surface area contributed by atoms with E-state index in [2.05, 4.69) is 10.9 Å². The maximum atomic E-state index is 3.23. The lowest BCUT2D eigenvalue weighted by Gasteiger charge is -2.21. The van der Waals surface area contributed by atoms with Crippen LogP contribution in [0, 0.1) is 0 Å². The van der Waals surface area contributed by atoms with Crippen LogP contribution in [0.1, 0.15) is 32.1 Å². The van der Waals surface area contributed by atoms with Crippen molar-refractivity contribution in [3.63, 3.8) is 0 Å². The number of hydrogen-bond acceptors (Lipinski definition) is 2. The molecular formula is C7H16N2. The minimum Gasteiger partial charge on any atom is -0.261 e. The van der Waals surface area contributed by atoms with Crippen LogP contribution in [0.3, 0.4) is 0 Å². The van der Waals surface area contributed by atoms with Crippen LogP contribution in [0.15, 0.2) is 0 Å². The van der Waals surface area contributed by atoms with Gasteiger partial charge in [-0.05, 0) is 19.9 Å². The van der Waals surface area contributed by atoms with E-state index in [0.29, 0.717) is 0 Å². The van der Waals surface area contributed by atoms with Crippen molar-refractivity contribution >= 4 is 0 Å². The van der Waals surface area contributed by atoms with Crippen molar-refractivity contribution in [2.45, 2.75) is 38.1 Å². The number of nitrogens with one attached hydrogen (secondary N) is 2. The summed E-state index contributed by atoms with van der Waals surface area (Å²) in [5.41, 5.74) is 6.22. The van der Waals surface area contributed by atoms with Crippen molar-refractivity contribution < 1.29 is 0 Å². The first-order chi connectivity index (χ1) is 4.43. The predicted octanol–water partition coefficient (Wildman–Crippen LogP) is 1.04. The standard InChI is InChI=1S/C7H16N2/c1-8-9-7-5-3-2-4-6-7/h7-9H,2-6H2,1H3. The molecule has 2 nitrogen and oxygen atoms in total. The summed E-state index contributed by atoms with van der Waals surface area (Å²) < 4.78 is 0. The highest BCUT2D eigenvalue weighted by molar-refractivity contribution is 4.68. The quantitative estimate of drug-likeness (QED) is 0.543. The highest BCUT2D eigenvalue weighted by Gasteiger charge is 2.10. The van der Waals surface area contributed by atoms with Crippen LogP contribution < -0.4 is 10.9 Å². The first-order valence-corrected chi connectivity index (χ1v) is 3.86. The fraction of sp³-hybridized carbons (Fsp3) is 1.00. The van der Waals surface area contributed by atoms with Gasteiger partial charge in [0.05, 0.1) is 0 Å². The molecule has 0 bridgehead atoms. The van der Waals surface area contributed by atoms with Crippen LogP contribution in [0.25, 0.3) is 0 Å². The molecule has 1 fully saturated rings. The molecule has 0 aromatic rings. The molecule has 0 unspecified atom stereocenters. The summed E-state index contributed by atoms with van der Waals surface area (Å²) in [7, 11) is 1.94. The summed E-state index contributed by atoms with van der Waals surface area (Å²) in [6, 6.07) is 0.740. The Morgan fingerprint density at radius 1 is 1.11 bits per heavy atom. The largest absolute Gasteiger partial charge is 0.261 e. The summed E-state index contributed by atoms with van der Waals surface area (Å²) in [5.74, 6) is 0. The smallest absolute Gasteiger partial charge is 0.0212 e. The van der Waals surface area contributed by atoms with Crippen molar-refractivity contribution in [1.29, 1.82) is 0 Å². The molecule has 1 aliphatic carbocycles. The monoisotopic (exact) mass is 128 g/mol. The fourth-order valence-corrected chi connectivity index (χ4v) is 1.45. The molecule has 9 heavy (non-hydrogen) atoms. The molecule has 0 aromatic carbocycles. The molecule has 0 heterocycles. The predicted molar refractivity (Wildman–Crippen MR) is 39.1 cm³/mol. The Morgan fingerprint density at radius 2 is 1.78 bits per heavy atom. The Bertz CT molecular complexity index is 64.6. The average Bonchev–Trinajstić information content (AvgIpc) is 1.91. The highest BCUT2D eigenvalue weighted by Crippen LogP contribution is 2.16. The van der Waals surface area contributed by atoms with Crippen molar-refractivity contribution in [3.05, 3.63) is 0 Å². The molecule has 1 aliphatic rings. The zero-order chi connectivity index (χ0) is 6.53. The topological polar surface area (TPSA) is 24.1 Å². The molecule has 54 valence electrons. The Kier molecular flexibility index (Phi) is 3.01. The maximum Gasteiger partial charge on any atom is 0.0212 e. The van der Waals surface area contributed by atoms with E-state index in [0.717, 1.165) is 6.04 Å². The van der Waals surface area contributed by atoms with Gasteiger partial charge in [-0.2, -0.15) is 0 Å². The zero-order valence-electron chi connectivity index (χ0n) is 6.11. The molecular weight excluding hydrogens is 112 g/mol. The number of hydrogen-bond donors (Lipinski definition) is 2. The summed E-state index contributed by atoms with van der Waals surface area (Å²) in [4.78, 5) is 0. The van der Waals surface area contributed by atoms with Crippen LogP contribution in [-0.4, -0.2) is 13.1 Å². The lowest BCUT2D eigenvalue weighted by atomic mass is 9.96. The van der Waals surface area contributed by atoms with Crippen LogP contribution >= 0.6 is 0 Å². The van der Waals surface area contributed by atoms with Gasteiger partial charge in [-0.15, -0.1) is 0 Å². The van der Waals surface area contributed by atoms with Gasteiger partial charge >= 0.3 is 0 Å². The van der Waals surface area contributed by atoms with Crippen molar-refractivity contribution in [1.82, 2.24) is 10.9 Å². The first-order valence-electron chi connectivity index (χ1n) is 3.86. The van der Waals surface area contributed by atoms with E-state index in [4.69, 9.17) is 0 Å². The van der Waals surface area contributed by atoms with Gasteiger partial charge in [0.2, 0.25) is 0 Å². The normalized spacial score (nSPS) is 22.3. The van der Waals surface area contributed by atoms with Gasteiger partial charge in [0.1, 0.15) is 0 Å². The molecule has 0 aliphatic heterocycles. The molecule has 0 aromatic heterocycles. The lowest BCUT2D eigenvalue weighted by molar-refractivity contribution is 0.348. The Hall–Kier alpha value is -0.0800. The molecule has 0 amide bonds. The van der Waals surface area contributed by atoms with Gasteiger partial charge in [0.25, 0.3) is 0 Å². The summed E-state index contributed by atoms with van der Waals surface area (Å²) in [5, 5.41) is 0. The van der Waals surface area contributed by atoms with Gasteiger partial charge in [-0.25, -0.2) is 0 Å². The highest BCUT2D eigenvalue weighted by atomic mass is 15.3. The molecule has 0 saturated heterocycles. The van der Waals surface area contributed by atoms with Crippen LogP contribution in [0.4, 0.5) is 0 Å². The van der Waals surface area contributed by atoms with Crippen LogP contribution in [-0.2, 0) is 0 Å². The van der Waals surface area contributed by atoms with Gasteiger partial charge in [0, 0.05) is 6.04 Å². The van der Waals surface area contributed by atoms with Crippen molar-refractivity contribution in [3.8, 4) is 0 Å². The second kappa shape index (κ2) is 3.85. The summed E-state index contributed by atoms with van der Waals surface area (Å²) >= 11 is 0. The SMILES string of the molecule is CNNC1CCCCC1. The minimum absolute atomic E-state index is 0.740. The lowest BCUT2D eigenvalue weighted by Crippen LogP contribution is -2.39. The van der Waals surface area contributed by atoms with Gasteiger partial charge in [0.15, 0.2) is 0 Å². The summed E-state index contributed by atoms with van der Waals surface area (Å²) in [6.07, 6.45) is 6.93. The Labute approximate surface area is 57.0 Å². The Morgan fingerprint density at radius 3 is 2.33 bits per heavy atom. The first kappa shape index (κ1) is 7.03. The van der Waals surface area contributed by atoms with Gasteiger partial charge < -0.3 is 0 Å². The molecule has 0 spiro atoms. The second-order valence-corrected chi connectivity index (χ2v) is 2.73. The third-order valence-corrected chi connectivity index (χ3v) is 1.95. The van der Waals surface area contributed by atoms with Gasteiger partial charge in [-0.1, -0.05) is 19.3 Å². The van der Waals surface area contributed by atoms with Crippen molar-refractivity contribution in [2.75, 3.05) is 7.05 Å². The average molecular weight is 128 g/mol. The van der Waals surface area contributed by atoms with E-state index in [1.807, 2.05) is 7.05 Å². The molecule has 1 saturated carbocycles.